The Bertz CT molecular complexity index is 415. The van der Waals surface area contributed by atoms with E-state index in [1.165, 1.54) is 0 Å². The minimum Gasteiger partial charge on any atom is -0.480 e. The average Bonchev–Trinajstić information content (AvgIpc) is 2.70. The number of benzene rings is 1. The Hall–Kier alpha value is -1.55. The van der Waals surface area contributed by atoms with Crippen molar-refractivity contribution in [3.05, 3.63) is 29.8 Å². The molecule has 2 aliphatic rings. The highest BCUT2D eigenvalue weighted by Crippen LogP contribution is 2.28. The van der Waals surface area contributed by atoms with Crippen LogP contribution in [0.3, 0.4) is 0 Å². The Balaban J connectivity index is 1.59. The van der Waals surface area contributed by atoms with Crippen LogP contribution in [0.5, 0.6) is 5.75 Å². The van der Waals surface area contributed by atoms with Crippen LogP contribution < -0.4 is 10.1 Å². The summed E-state index contributed by atoms with van der Waals surface area (Å²) in [5, 5.41) is 12.1. The van der Waals surface area contributed by atoms with Gasteiger partial charge in [0.25, 0.3) is 5.91 Å². The molecule has 0 bridgehead atoms. The summed E-state index contributed by atoms with van der Waals surface area (Å²) in [6, 6.07) is 7.84. The van der Waals surface area contributed by atoms with Crippen molar-refractivity contribution in [2.75, 3.05) is 0 Å². The highest BCUT2D eigenvalue weighted by atomic mass is 16.5. The van der Waals surface area contributed by atoms with Gasteiger partial charge in [0, 0.05) is 12.5 Å². The van der Waals surface area contributed by atoms with Crippen molar-refractivity contribution >= 4 is 5.91 Å². The second-order valence-corrected chi connectivity index (χ2v) is 4.75. The fraction of sp³-hybridized carbons (Fsp3) is 0.462. The van der Waals surface area contributed by atoms with Crippen molar-refractivity contribution in [2.45, 2.75) is 37.5 Å². The van der Waals surface area contributed by atoms with Crippen molar-refractivity contribution < 1.29 is 14.6 Å². The molecule has 1 fully saturated rings. The minimum absolute atomic E-state index is 0.0712. The second-order valence-electron chi connectivity index (χ2n) is 4.75. The van der Waals surface area contributed by atoms with Crippen molar-refractivity contribution in [3.8, 4) is 5.75 Å². The number of carbonyl (C=O) groups is 1. The van der Waals surface area contributed by atoms with Crippen LogP contribution in [0.15, 0.2) is 24.3 Å². The van der Waals surface area contributed by atoms with E-state index in [1.807, 2.05) is 24.3 Å². The maximum Gasteiger partial charge on any atom is 0.261 e. The Kier molecular flexibility index (Phi) is 2.52. The molecule has 0 spiro atoms. The minimum atomic E-state index is -0.412. The molecule has 0 aromatic heterocycles. The molecule has 90 valence electrons. The SMILES string of the molecule is O=C(NC1CC(O)C1)C1Cc2ccccc2O1. The molecule has 1 aliphatic heterocycles. The Labute approximate surface area is 99.6 Å². The molecule has 1 aromatic carbocycles. The summed E-state index contributed by atoms with van der Waals surface area (Å²) in [7, 11) is 0. The fourth-order valence-electron chi connectivity index (χ4n) is 2.33. The largest absolute Gasteiger partial charge is 0.480 e. The van der Waals surface area contributed by atoms with E-state index in [0.29, 0.717) is 19.3 Å². The third kappa shape index (κ3) is 2.00. The van der Waals surface area contributed by atoms with Gasteiger partial charge in [0.15, 0.2) is 6.10 Å². The standard InChI is InChI=1S/C13H15NO3/c15-10-6-9(7-10)14-13(16)12-5-8-3-1-2-4-11(8)17-12/h1-4,9-10,12,15H,5-7H2,(H,14,16). The monoisotopic (exact) mass is 233 g/mol. The fourth-order valence-corrected chi connectivity index (χ4v) is 2.33. The number of hydrogen-bond donors (Lipinski definition) is 2. The number of aliphatic hydroxyl groups excluding tert-OH is 1. The summed E-state index contributed by atoms with van der Waals surface area (Å²) in [5.74, 6) is 0.736. The van der Waals surface area contributed by atoms with E-state index in [-0.39, 0.29) is 18.1 Å². The number of fused-ring (bicyclic) bond motifs is 1. The Morgan fingerprint density at radius 3 is 2.82 bits per heavy atom. The van der Waals surface area contributed by atoms with Crippen molar-refractivity contribution in [1.82, 2.24) is 5.32 Å². The number of para-hydroxylation sites is 1. The molecule has 4 nitrogen and oxygen atoms in total. The molecule has 1 atom stereocenters. The summed E-state index contributed by atoms with van der Waals surface area (Å²) < 4.78 is 5.59. The molecule has 17 heavy (non-hydrogen) atoms. The number of rotatable bonds is 2. The normalized spacial score (nSPS) is 30.1. The molecule has 1 unspecified atom stereocenters. The molecule has 4 heteroatoms. The van der Waals surface area contributed by atoms with Gasteiger partial charge in [0.2, 0.25) is 0 Å². The highest BCUT2D eigenvalue weighted by Gasteiger charge is 2.33. The number of ether oxygens (including phenoxy) is 1. The Morgan fingerprint density at radius 2 is 2.12 bits per heavy atom. The van der Waals surface area contributed by atoms with Crippen molar-refractivity contribution in [1.29, 1.82) is 0 Å². The van der Waals surface area contributed by atoms with Gasteiger partial charge in [0.05, 0.1) is 6.10 Å². The molecule has 1 amide bonds. The van der Waals surface area contributed by atoms with Crippen LogP contribution in [0.2, 0.25) is 0 Å². The van der Waals surface area contributed by atoms with E-state index in [1.54, 1.807) is 0 Å². The first kappa shape index (κ1) is 10.6. The van der Waals surface area contributed by atoms with E-state index in [9.17, 15) is 4.79 Å². The number of amides is 1. The molecule has 0 radical (unpaired) electrons. The lowest BCUT2D eigenvalue weighted by molar-refractivity contribution is -0.129. The van der Waals surface area contributed by atoms with Gasteiger partial charge in [-0.2, -0.15) is 0 Å². The smallest absolute Gasteiger partial charge is 0.261 e. The summed E-state index contributed by atoms with van der Waals surface area (Å²) in [6.07, 6.45) is 1.29. The first-order valence-corrected chi connectivity index (χ1v) is 5.95. The number of aliphatic hydroxyl groups is 1. The molecule has 0 saturated heterocycles. The maximum atomic E-state index is 11.9. The quantitative estimate of drug-likeness (QED) is 0.787. The molecule has 1 aromatic rings. The summed E-state index contributed by atoms with van der Waals surface area (Å²) >= 11 is 0. The highest BCUT2D eigenvalue weighted by molar-refractivity contribution is 5.82. The van der Waals surface area contributed by atoms with Gasteiger partial charge in [-0.1, -0.05) is 18.2 Å². The zero-order valence-corrected chi connectivity index (χ0v) is 9.43. The molecular formula is C13H15NO3. The molecule has 1 heterocycles. The van der Waals surface area contributed by atoms with Gasteiger partial charge < -0.3 is 15.2 Å². The van der Waals surface area contributed by atoms with Gasteiger partial charge in [-0.3, -0.25) is 4.79 Å². The van der Waals surface area contributed by atoms with Gasteiger partial charge in [-0.25, -0.2) is 0 Å². The van der Waals surface area contributed by atoms with Crippen molar-refractivity contribution in [3.63, 3.8) is 0 Å². The zero-order chi connectivity index (χ0) is 11.8. The van der Waals surface area contributed by atoms with Crippen LogP contribution in [0.25, 0.3) is 0 Å². The predicted molar refractivity (Wildman–Crippen MR) is 61.7 cm³/mol. The molecular weight excluding hydrogens is 218 g/mol. The topological polar surface area (TPSA) is 58.6 Å². The lowest BCUT2D eigenvalue weighted by Crippen LogP contribution is -2.50. The summed E-state index contributed by atoms with van der Waals surface area (Å²) in [4.78, 5) is 11.9. The summed E-state index contributed by atoms with van der Waals surface area (Å²) in [6.45, 7) is 0. The molecule has 1 aliphatic carbocycles. The van der Waals surface area contributed by atoms with Gasteiger partial charge >= 0.3 is 0 Å². The molecule has 3 rings (SSSR count). The molecule has 1 saturated carbocycles. The zero-order valence-electron chi connectivity index (χ0n) is 9.43. The van der Waals surface area contributed by atoms with E-state index >= 15 is 0 Å². The van der Waals surface area contributed by atoms with Crippen LogP contribution in [0.1, 0.15) is 18.4 Å². The van der Waals surface area contributed by atoms with Crippen LogP contribution in [-0.4, -0.2) is 29.3 Å². The van der Waals surface area contributed by atoms with Gasteiger partial charge in [0.1, 0.15) is 5.75 Å². The first-order valence-electron chi connectivity index (χ1n) is 5.95. The van der Waals surface area contributed by atoms with Gasteiger partial charge in [-0.15, -0.1) is 0 Å². The Morgan fingerprint density at radius 1 is 1.35 bits per heavy atom. The van der Waals surface area contributed by atoms with E-state index in [4.69, 9.17) is 9.84 Å². The van der Waals surface area contributed by atoms with E-state index in [2.05, 4.69) is 5.32 Å². The predicted octanol–water partition coefficient (Wildman–Crippen LogP) is 0.630. The van der Waals surface area contributed by atoms with Crippen LogP contribution in [-0.2, 0) is 11.2 Å². The van der Waals surface area contributed by atoms with Crippen LogP contribution in [0, 0.1) is 0 Å². The third-order valence-corrected chi connectivity index (χ3v) is 3.40. The number of nitrogens with one attached hydrogen (secondary N) is 1. The van der Waals surface area contributed by atoms with Gasteiger partial charge in [-0.05, 0) is 24.5 Å². The summed E-state index contributed by atoms with van der Waals surface area (Å²) in [5.41, 5.74) is 1.08. The van der Waals surface area contributed by atoms with Crippen molar-refractivity contribution in [2.24, 2.45) is 0 Å². The second kappa shape index (κ2) is 4.04. The van der Waals surface area contributed by atoms with E-state index in [0.717, 1.165) is 11.3 Å². The van der Waals surface area contributed by atoms with Crippen LogP contribution in [0.4, 0.5) is 0 Å². The van der Waals surface area contributed by atoms with E-state index < -0.39 is 6.10 Å². The lowest BCUT2D eigenvalue weighted by Gasteiger charge is -2.32. The maximum absolute atomic E-state index is 11.9. The third-order valence-electron chi connectivity index (χ3n) is 3.40. The molecule has 2 N–H and O–H groups in total. The first-order chi connectivity index (χ1) is 8.22. The lowest BCUT2D eigenvalue weighted by atomic mass is 9.89. The van der Waals surface area contributed by atoms with Crippen LogP contribution >= 0.6 is 0 Å². The average molecular weight is 233 g/mol. The number of hydrogen-bond acceptors (Lipinski definition) is 3. The number of carbonyl (C=O) groups excluding carboxylic acids is 1.